The van der Waals surface area contributed by atoms with Crippen LogP contribution < -0.4 is 5.32 Å². The molecule has 0 saturated carbocycles. The highest BCUT2D eigenvalue weighted by Crippen LogP contribution is 2.26. The number of nitrogens with zero attached hydrogens (tertiary/aromatic N) is 1. The summed E-state index contributed by atoms with van der Waals surface area (Å²) in [5.74, 6) is 0.618. The minimum absolute atomic E-state index is 0.128. The van der Waals surface area contributed by atoms with Crippen LogP contribution in [0.3, 0.4) is 0 Å². The summed E-state index contributed by atoms with van der Waals surface area (Å²) in [6, 6.07) is 10.5. The Bertz CT molecular complexity index is 453. The van der Waals surface area contributed by atoms with Crippen molar-refractivity contribution in [3.8, 4) is 0 Å². The molecule has 0 amide bonds. The van der Waals surface area contributed by atoms with Gasteiger partial charge in [0.1, 0.15) is 0 Å². The lowest BCUT2D eigenvalue weighted by Gasteiger charge is -2.25. The molecule has 1 aromatic rings. The highest BCUT2D eigenvalue weighted by molar-refractivity contribution is 5.91. The van der Waals surface area contributed by atoms with Crippen LogP contribution in [-0.2, 0) is 10.3 Å². The molecule has 0 spiro atoms. The van der Waals surface area contributed by atoms with Crippen molar-refractivity contribution in [1.29, 1.82) is 0 Å². The number of aliphatic imine (C=N–C) groups is 1. The molecule has 2 rings (SSSR count). The lowest BCUT2D eigenvalue weighted by Crippen LogP contribution is -2.32. The molecule has 0 aliphatic carbocycles. The Labute approximate surface area is 122 Å². The third-order valence-electron chi connectivity index (χ3n) is 3.97. The summed E-state index contributed by atoms with van der Waals surface area (Å²) < 4.78 is 5.67. The summed E-state index contributed by atoms with van der Waals surface area (Å²) in [6.45, 7) is 8.43. The van der Waals surface area contributed by atoms with Crippen molar-refractivity contribution in [2.75, 3.05) is 20.2 Å². The van der Waals surface area contributed by atoms with Crippen LogP contribution in [0.15, 0.2) is 35.3 Å². The lowest BCUT2D eigenvalue weighted by atomic mass is 9.94. The zero-order valence-electron chi connectivity index (χ0n) is 13.0. The van der Waals surface area contributed by atoms with Gasteiger partial charge >= 0.3 is 0 Å². The Morgan fingerprint density at radius 3 is 2.60 bits per heavy atom. The molecule has 110 valence electrons. The van der Waals surface area contributed by atoms with Crippen LogP contribution in [0, 0.1) is 5.92 Å². The second-order valence-corrected chi connectivity index (χ2v) is 6.22. The number of rotatable bonds is 3. The van der Waals surface area contributed by atoms with Crippen LogP contribution in [-0.4, -0.2) is 32.0 Å². The molecule has 1 saturated heterocycles. The summed E-state index contributed by atoms with van der Waals surface area (Å²) in [6.07, 6.45) is 1.16. The van der Waals surface area contributed by atoms with E-state index in [2.05, 4.69) is 50.4 Å². The van der Waals surface area contributed by atoms with Crippen LogP contribution in [0.4, 0.5) is 0 Å². The zero-order chi connectivity index (χ0) is 14.6. The molecular weight excluding hydrogens is 248 g/mol. The Morgan fingerprint density at radius 2 is 1.95 bits per heavy atom. The molecule has 3 heteroatoms. The minimum atomic E-state index is -0.220. The van der Waals surface area contributed by atoms with Gasteiger partial charge in [0.05, 0.1) is 17.4 Å². The predicted octanol–water partition coefficient (Wildman–Crippen LogP) is 3.01. The van der Waals surface area contributed by atoms with Gasteiger partial charge in [-0.3, -0.25) is 4.99 Å². The van der Waals surface area contributed by atoms with Crippen LogP contribution in [0.1, 0.15) is 32.8 Å². The molecule has 1 aromatic carbocycles. The number of hydrogen-bond donors (Lipinski definition) is 1. The first kappa shape index (κ1) is 15.2. The summed E-state index contributed by atoms with van der Waals surface area (Å²) >= 11 is 0. The number of methoxy groups -OCH3 is 1. The van der Waals surface area contributed by atoms with E-state index in [0.717, 1.165) is 25.2 Å². The third-order valence-corrected chi connectivity index (χ3v) is 3.97. The standard InChI is InChI=1S/C17H26N2O/c1-13-10-16(20-4)15(12-18-11-13)19-17(2,3)14-8-6-5-7-9-14/h5-9,13,16,18H,10-12H2,1-4H3. The van der Waals surface area contributed by atoms with E-state index in [4.69, 9.17) is 9.73 Å². The normalized spacial score (nSPS) is 26.5. The molecule has 1 heterocycles. The predicted molar refractivity (Wildman–Crippen MR) is 84.4 cm³/mol. The van der Waals surface area contributed by atoms with Crippen LogP contribution in [0.2, 0.25) is 0 Å². The Balaban J connectivity index is 2.27. The van der Waals surface area contributed by atoms with Gasteiger partial charge in [0.2, 0.25) is 0 Å². The van der Waals surface area contributed by atoms with Crippen molar-refractivity contribution in [1.82, 2.24) is 5.32 Å². The molecule has 0 aromatic heterocycles. The smallest absolute Gasteiger partial charge is 0.0964 e. The molecule has 1 aliphatic rings. The topological polar surface area (TPSA) is 33.6 Å². The molecule has 1 fully saturated rings. The lowest BCUT2D eigenvalue weighted by molar-refractivity contribution is 0.136. The highest BCUT2D eigenvalue weighted by atomic mass is 16.5. The van der Waals surface area contributed by atoms with E-state index < -0.39 is 0 Å². The molecule has 1 N–H and O–H groups in total. The molecule has 2 unspecified atom stereocenters. The molecule has 2 atom stereocenters. The first-order valence-corrected chi connectivity index (χ1v) is 7.40. The first-order chi connectivity index (χ1) is 9.53. The molecule has 0 bridgehead atoms. The minimum Gasteiger partial charge on any atom is -0.375 e. The summed E-state index contributed by atoms with van der Waals surface area (Å²) in [4.78, 5) is 5.01. The van der Waals surface area contributed by atoms with Crippen molar-refractivity contribution in [3.05, 3.63) is 35.9 Å². The summed E-state index contributed by atoms with van der Waals surface area (Å²) in [7, 11) is 1.79. The van der Waals surface area contributed by atoms with Gasteiger partial charge in [0, 0.05) is 13.7 Å². The fourth-order valence-corrected chi connectivity index (χ4v) is 2.76. The molecule has 3 nitrogen and oxygen atoms in total. The average Bonchev–Trinajstić information content (AvgIpc) is 2.61. The Hall–Kier alpha value is -1.19. The van der Waals surface area contributed by atoms with Crippen molar-refractivity contribution >= 4 is 5.71 Å². The quantitative estimate of drug-likeness (QED) is 0.919. The SMILES string of the molecule is COC1CC(C)CNCC1=NC(C)(C)c1ccccc1. The van der Waals surface area contributed by atoms with E-state index in [9.17, 15) is 0 Å². The molecule has 0 radical (unpaired) electrons. The van der Waals surface area contributed by atoms with Crippen molar-refractivity contribution in [3.63, 3.8) is 0 Å². The van der Waals surface area contributed by atoms with E-state index >= 15 is 0 Å². The first-order valence-electron chi connectivity index (χ1n) is 7.40. The summed E-state index contributed by atoms with van der Waals surface area (Å²) in [5.41, 5.74) is 2.15. The molecule has 1 aliphatic heterocycles. The van der Waals surface area contributed by atoms with E-state index in [1.807, 2.05) is 6.07 Å². The zero-order valence-corrected chi connectivity index (χ0v) is 13.0. The Kier molecular flexibility index (Phi) is 4.95. The van der Waals surface area contributed by atoms with Crippen molar-refractivity contribution in [2.45, 2.75) is 38.8 Å². The number of ether oxygens (including phenoxy) is 1. The third kappa shape index (κ3) is 3.68. The monoisotopic (exact) mass is 274 g/mol. The van der Waals surface area contributed by atoms with Crippen LogP contribution in [0.5, 0.6) is 0 Å². The van der Waals surface area contributed by atoms with E-state index in [-0.39, 0.29) is 11.6 Å². The van der Waals surface area contributed by atoms with Gasteiger partial charge in [0.25, 0.3) is 0 Å². The van der Waals surface area contributed by atoms with E-state index in [1.54, 1.807) is 7.11 Å². The maximum absolute atomic E-state index is 5.67. The van der Waals surface area contributed by atoms with Gasteiger partial charge in [0.15, 0.2) is 0 Å². The fraction of sp³-hybridized carbons (Fsp3) is 0.588. The molecular formula is C17H26N2O. The Morgan fingerprint density at radius 1 is 1.25 bits per heavy atom. The number of hydrogen-bond acceptors (Lipinski definition) is 3. The van der Waals surface area contributed by atoms with Crippen molar-refractivity contribution in [2.24, 2.45) is 10.9 Å². The summed E-state index contributed by atoms with van der Waals surface area (Å²) in [5, 5.41) is 3.47. The maximum Gasteiger partial charge on any atom is 0.0964 e. The largest absolute Gasteiger partial charge is 0.375 e. The number of nitrogens with one attached hydrogen (secondary N) is 1. The maximum atomic E-state index is 5.67. The fourth-order valence-electron chi connectivity index (χ4n) is 2.76. The van der Waals surface area contributed by atoms with Crippen LogP contribution >= 0.6 is 0 Å². The highest BCUT2D eigenvalue weighted by Gasteiger charge is 2.26. The van der Waals surface area contributed by atoms with Gasteiger partial charge in [-0.1, -0.05) is 37.3 Å². The second-order valence-electron chi connectivity index (χ2n) is 6.22. The number of benzene rings is 1. The van der Waals surface area contributed by atoms with Gasteiger partial charge in [-0.2, -0.15) is 0 Å². The van der Waals surface area contributed by atoms with Gasteiger partial charge in [-0.15, -0.1) is 0 Å². The van der Waals surface area contributed by atoms with E-state index in [1.165, 1.54) is 5.56 Å². The van der Waals surface area contributed by atoms with Crippen LogP contribution in [0.25, 0.3) is 0 Å². The van der Waals surface area contributed by atoms with Gasteiger partial charge < -0.3 is 10.1 Å². The molecule has 20 heavy (non-hydrogen) atoms. The average molecular weight is 274 g/mol. The van der Waals surface area contributed by atoms with Crippen molar-refractivity contribution < 1.29 is 4.74 Å². The van der Waals surface area contributed by atoms with Gasteiger partial charge in [-0.25, -0.2) is 0 Å². The van der Waals surface area contributed by atoms with E-state index in [0.29, 0.717) is 5.92 Å². The van der Waals surface area contributed by atoms with Gasteiger partial charge in [-0.05, 0) is 38.3 Å². The second kappa shape index (κ2) is 6.51.